The molecule has 5 heteroatoms. The number of carbonyl (C=O) groups is 1. The van der Waals surface area contributed by atoms with Crippen molar-refractivity contribution < 1.29 is 4.79 Å². The normalized spacial score (nSPS) is 17.5. The summed E-state index contributed by atoms with van der Waals surface area (Å²) in [5.74, 6) is -0.235. The van der Waals surface area contributed by atoms with Crippen LogP contribution < -0.4 is 0 Å². The number of halogens is 1. The number of nitriles is 1. The van der Waals surface area contributed by atoms with E-state index in [0.717, 1.165) is 32.1 Å². The largest absolute Gasteiger partial charge is 0.323 e. The lowest BCUT2D eigenvalue weighted by molar-refractivity contribution is 0.0589. The molecule has 1 heterocycles. The Morgan fingerprint density at radius 2 is 2.16 bits per heavy atom. The maximum Gasteiger partial charge on any atom is 0.258 e. The zero-order chi connectivity index (χ0) is 13.9. The summed E-state index contributed by atoms with van der Waals surface area (Å²) in [6.45, 7) is 0. The quantitative estimate of drug-likeness (QED) is 0.781. The van der Waals surface area contributed by atoms with E-state index < -0.39 is 5.54 Å². The van der Waals surface area contributed by atoms with Gasteiger partial charge in [0, 0.05) is 13.2 Å². The number of amides is 1. The molecule has 0 spiro atoms. The molecule has 0 radical (unpaired) electrons. The Morgan fingerprint density at radius 1 is 1.47 bits per heavy atom. The van der Waals surface area contributed by atoms with Gasteiger partial charge in [-0.2, -0.15) is 5.26 Å². The summed E-state index contributed by atoms with van der Waals surface area (Å²) in [6, 6.07) is 5.64. The van der Waals surface area contributed by atoms with Crippen LogP contribution in [0.1, 0.15) is 42.5 Å². The minimum Gasteiger partial charge on any atom is -0.323 e. The monoisotopic (exact) mass is 277 g/mol. The number of pyridine rings is 1. The van der Waals surface area contributed by atoms with Crippen LogP contribution in [-0.2, 0) is 0 Å². The van der Waals surface area contributed by atoms with Gasteiger partial charge in [0.2, 0.25) is 0 Å². The number of aromatic nitrogens is 1. The lowest BCUT2D eigenvalue weighted by Gasteiger charge is -2.39. The zero-order valence-electron chi connectivity index (χ0n) is 10.9. The molecule has 4 nitrogen and oxygen atoms in total. The van der Waals surface area contributed by atoms with Crippen molar-refractivity contribution in [2.45, 2.75) is 37.6 Å². The average Bonchev–Trinajstić information content (AvgIpc) is 2.47. The molecule has 2 rings (SSSR count). The topological polar surface area (TPSA) is 57.0 Å². The van der Waals surface area contributed by atoms with Crippen molar-refractivity contribution in [2.24, 2.45) is 0 Å². The van der Waals surface area contributed by atoms with Gasteiger partial charge < -0.3 is 4.90 Å². The highest BCUT2D eigenvalue weighted by molar-refractivity contribution is 6.32. The van der Waals surface area contributed by atoms with Crippen molar-refractivity contribution in [3.8, 4) is 6.07 Å². The number of hydrogen-bond donors (Lipinski definition) is 0. The van der Waals surface area contributed by atoms with Crippen LogP contribution in [0.15, 0.2) is 18.3 Å². The first-order valence-corrected chi connectivity index (χ1v) is 6.78. The van der Waals surface area contributed by atoms with E-state index in [1.807, 2.05) is 0 Å². The fraction of sp³-hybridized carbons (Fsp3) is 0.500. The van der Waals surface area contributed by atoms with Gasteiger partial charge in [-0.05, 0) is 25.0 Å². The lowest BCUT2D eigenvalue weighted by atomic mass is 9.81. The maximum atomic E-state index is 12.5. The van der Waals surface area contributed by atoms with Gasteiger partial charge in [-0.1, -0.05) is 30.9 Å². The molecule has 19 heavy (non-hydrogen) atoms. The van der Waals surface area contributed by atoms with E-state index in [1.165, 1.54) is 4.90 Å². The molecule has 1 aliphatic rings. The van der Waals surface area contributed by atoms with Crippen LogP contribution in [0.3, 0.4) is 0 Å². The average molecular weight is 278 g/mol. The first-order chi connectivity index (χ1) is 9.10. The van der Waals surface area contributed by atoms with E-state index in [1.54, 1.807) is 25.4 Å². The molecule has 1 aromatic rings. The van der Waals surface area contributed by atoms with E-state index in [-0.39, 0.29) is 11.1 Å². The van der Waals surface area contributed by atoms with Gasteiger partial charge in [-0.15, -0.1) is 0 Å². The van der Waals surface area contributed by atoms with E-state index in [0.29, 0.717) is 5.56 Å². The second-order valence-electron chi connectivity index (χ2n) is 4.91. The Hall–Kier alpha value is -1.60. The first-order valence-electron chi connectivity index (χ1n) is 6.41. The van der Waals surface area contributed by atoms with Crippen molar-refractivity contribution in [1.82, 2.24) is 9.88 Å². The molecular formula is C14H16ClN3O. The summed E-state index contributed by atoms with van der Waals surface area (Å²) in [7, 11) is 1.68. The SMILES string of the molecule is CN(C(=O)c1cccnc1Cl)C1(C#N)CCCCC1. The van der Waals surface area contributed by atoms with Crippen molar-refractivity contribution in [3.05, 3.63) is 29.0 Å². The Morgan fingerprint density at radius 3 is 2.74 bits per heavy atom. The van der Waals surface area contributed by atoms with Gasteiger partial charge in [0.25, 0.3) is 5.91 Å². The van der Waals surface area contributed by atoms with E-state index in [9.17, 15) is 10.1 Å². The predicted octanol–water partition coefficient (Wildman–Crippen LogP) is 3.03. The van der Waals surface area contributed by atoms with Crippen molar-refractivity contribution in [2.75, 3.05) is 7.05 Å². The Bertz CT molecular complexity index is 518. The lowest BCUT2D eigenvalue weighted by Crippen LogP contribution is -2.49. The molecule has 1 aliphatic carbocycles. The number of hydrogen-bond acceptors (Lipinski definition) is 3. The molecular weight excluding hydrogens is 262 g/mol. The third-order valence-corrected chi connectivity index (χ3v) is 4.13. The molecule has 1 aromatic heterocycles. The summed E-state index contributed by atoms with van der Waals surface area (Å²) < 4.78 is 0. The van der Waals surface area contributed by atoms with E-state index >= 15 is 0 Å². The fourth-order valence-corrected chi connectivity index (χ4v) is 2.78. The van der Waals surface area contributed by atoms with Crippen LogP contribution in [0.5, 0.6) is 0 Å². The highest BCUT2D eigenvalue weighted by atomic mass is 35.5. The fourth-order valence-electron chi connectivity index (χ4n) is 2.58. The van der Waals surface area contributed by atoms with Gasteiger partial charge in [0.1, 0.15) is 10.7 Å². The second kappa shape index (κ2) is 5.58. The van der Waals surface area contributed by atoms with Crippen LogP contribution in [0.4, 0.5) is 0 Å². The van der Waals surface area contributed by atoms with Gasteiger partial charge in [-0.3, -0.25) is 4.79 Å². The summed E-state index contributed by atoms with van der Waals surface area (Å²) in [5, 5.41) is 9.67. The second-order valence-corrected chi connectivity index (χ2v) is 5.27. The smallest absolute Gasteiger partial charge is 0.258 e. The summed E-state index contributed by atoms with van der Waals surface area (Å²) in [4.78, 5) is 17.9. The maximum absolute atomic E-state index is 12.5. The summed E-state index contributed by atoms with van der Waals surface area (Å²) in [6.07, 6.45) is 6.07. The minimum atomic E-state index is -0.700. The van der Waals surface area contributed by atoms with Gasteiger partial charge in [0.15, 0.2) is 0 Å². The molecule has 0 aromatic carbocycles. The third-order valence-electron chi connectivity index (χ3n) is 3.83. The van der Waals surface area contributed by atoms with Crippen LogP contribution in [-0.4, -0.2) is 28.4 Å². The molecule has 1 fully saturated rings. The van der Waals surface area contributed by atoms with Crippen molar-refractivity contribution in [3.63, 3.8) is 0 Å². The van der Waals surface area contributed by atoms with Gasteiger partial charge >= 0.3 is 0 Å². The van der Waals surface area contributed by atoms with Crippen LogP contribution >= 0.6 is 11.6 Å². The molecule has 100 valence electrons. The Labute approximate surface area is 118 Å². The number of carbonyl (C=O) groups excluding carboxylic acids is 1. The van der Waals surface area contributed by atoms with Crippen LogP contribution in [0.2, 0.25) is 5.15 Å². The van der Waals surface area contributed by atoms with Crippen molar-refractivity contribution in [1.29, 1.82) is 5.26 Å². The highest BCUT2D eigenvalue weighted by Crippen LogP contribution is 2.33. The Kier molecular flexibility index (Phi) is 4.06. The van der Waals surface area contributed by atoms with E-state index in [2.05, 4.69) is 11.1 Å². The third kappa shape index (κ3) is 2.57. The molecule has 0 N–H and O–H groups in total. The van der Waals surface area contributed by atoms with Crippen molar-refractivity contribution >= 4 is 17.5 Å². The number of nitrogens with zero attached hydrogens (tertiary/aromatic N) is 3. The highest BCUT2D eigenvalue weighted by Gasteiger charge is 2.39. The zero-order valence-corrected chi connectivity index (χ0v) is 11.7. The summed E-state index contributed by atoms with van der Waals surface area (Å²) in [5.41, 5.74) is -0.346. The first kappa shape index (κ1) is 13.8. The van der Waals surface area contributed by atoms with E-state index in [4.69, 9.17) is 11.6 Å². The molecule has 0 unspecified atom stereocenters. The number of rotatable bonds is 2. The molecule has 1 saturated carbocycles. The summed E-state index contributed by atoms with van der Waals surface area (Å²) >= 11 is 5.95. The van der Waals surface area contributed by atoms with Crippen LogP contribution in [0, 0.1) is 11.3 Å². The van der Waals surface area contributed by atoms with Crippen LogP contribution in [0.25, 0.3) is 0 Å². The Balaban J connectivity index is 2.28. The molecule has 0 aliphatic heterocycles. The molecule has 0 bridgehead atoms. The molecule has 0 saturated heterocycles. The molecule has 0 atom stereocenters. The standard InChI is InChI=1S/C14H16ClN3O/c1-18(14(10-16)7-3-2-4-8-14)13(19)11-6-5-9-17-12(11)15/h5-6,9H,2-4,7-8H2,1H3. The molecule has 1 amide bonds. The van der Waals surface area contributed by atoms with Gasteiger partial charge in [0.05, 0.1) is 11.6 Å². The predicted molar refractivity (Wildman–Crippen MR) is 72.8 cm³/mol. The van der Waals surface area contributed by atoms with Gasteiger partial charge in [-0.25, -0.2) is 4.98 Å². The minimum absolute atomic E-state index is 0.184.